The fraction of sp³-hybridized carbons (Fsp3) is 0.136. The van der Waals surface area contributed by atoms with E-state index < -0.39 is 22.0 Å². The molecule has 3 aromatic carbocycles. The monoisotopic (exact) mass is 512 g/mol. The fourth-order valence-corrected chi connectivity index (χ4v) is 4.88. The maximum Gasteiger partial charge on any atom is 0.245 e. The number of carbonyl (C=O) groups is 1. The van der Waals surface area contributed by atoms with Crippen LogP contribution in [0.1, 0.15) is 5.56 Å². The first kappa shape index (κ1) is 24.4. The van der Waals surface area contributed by atoms with Crippen LogP contribution in [-0.4, -0.2) is 27.5 Å². The summed E-state index contributed by atoms with van der Waals surface area (Å²) in [5, 5.41) is 3.48. The molecule has 168 valence electrons. The van der Waals surface area contributed by atoms with Gasteiger partial charge in [-0.25, -0.2) is 8.42 Å². The van der Waals surface area contributed by atoms with Gasteiger partial charge in [-0.1, -0.05) is 65.1 Å². The number of methoxy groups -OCH3 is 1. The van der Waals surface area contributed by atoms with Gasteiger partial charge in [0.25, 0.3) is 0 Å². The molecule has 32 heavy (non-hydrogen) atoms. The maximum absolute atomic E-state index is 13.2. The molecule has 0 aliphatic heterocycles. The van der Waals surface area contributed by atoms with Gasteiger partial charge in [-0.2, -0.15) is 4.72 Å². The number of benzene rings is 3. The van der Waals surface area contributed by atoms with Crippen molar-refractivity contribution in [3.05, 3.63) is 87.4 Å². The molecule has 0 aliphatic carbocycles. The maximum atomic E-state index is 13.2. The second-order valence-corrected chi connectivity index (χ2v) is 9.71. The smallest absolute Gasteiger partial charge is 0.245 e. The third kappa shape index (κ3) is 6.15. The molecule has 0 heterocycles. The number of hydrogen-bond acceptors (Lipinski definition) is 4. The number of hydrogen-bond donors (Lipinski definition) is 2. The average molecular weight is 514 g/mol. The third-order valence-corrected chi connectivity index (χ3v) is 6.97. The van der Waals surface area contributed by atoms with Gasteiger partial charge in [-0.15, -0.1) is 0 Å². The number of sulfonamides is 1. The fourth-order valence-electron chi connectivity index (χ4n) is 2.95. The van der Waals surface area contributed by atoms with Crippen LogP contribution in [0.15, 0.2) is 71.6 Å². The highest BCUT2D eigenvalue weighted by molar-refractivity contribution is 7.89. The van der Waals surface area contributed by atoms with Crippen molar-refractivity contribution in [1.29, 1.82) is 0 Å². The summed E-state index contributed by atoms with van der Waals surface area (Å²) in [5.74, 6) is -0.470. The molecule has 3 aromatic rings. The quantitative estimate of drug-likeness (QED) is 0.434. The first-order valence-electron chi connectivity index (χ1n) is 9.35. The van der Waals surface area contributed by atoms with Crippen molar-refractivity contribution >= 4 is 56.4 Å². The minimum Gasteiger partial charge on any atom is -0.495 e. The van der Waals surface area contributed by atoms with Gasteiger partial charge in [0, 0.05) is 10.7 Å². The van der Waals surface area contributed by atoms with E-state index in [9.17, 15) is 13.2 Å². The molecule has 0 bridgehead atoms. The van der Waals surface area contributed by atoms with Gasteiger partial charge < -0.3 is 10.1 Å². The highest BCUT2D eigenvalue weighted by atomic mass is 35.5. The largest absolute Gasteiger partial charge is 0.495 e. The van der Waals surface area contributed by atoms with Crippen molar-refractivity contribution in [2.45, 2.75) is 17.4 Å². The molecular weight excluding hydrogens is 495 g/mol. The molecule has 0 fully saturated rings. The molecule has 0 saturated carbocycles. The molecule has 0 radical (unpaired) electrons. The van der Waals surface area contributed by atoms with Gasteiger partial charge in [0.1, 0.15) is 16.7 Å². The normalized spacial score (nSPS) is 12.2. The van der Waals surface area contributed by atoms with Crippen molar-refractivity contribution in [3.63, 3.8) is 0 Å². The highest BCUT2D eigenvalue weighted by Gasteiger charge is 2.28. The minimum atomic E-state index is -4.16. The standard InChI is InChI=1S/C22H19Cl3N2O4S/c1-31-20-10-7-15(23)12-21(20)32(29,30)27-19(11-14-5-3-2-4-6-14)22(28)26-16-8-9-17(24)18(25)13-16/h2-10,12-13,19,27H,11H2,1H3,(H,26,28)/t19-/m1/s1. The Morgan fingerprint density at radius 2 is 1.69 bits per heavy atom. The Labute approximate surface area is 201 Å². The molecule has 1 amide bonds. The van der Waals surface area contributed by atoms with E-state index in [1.807, 2.05) is 6.07 Å². The zero-order valence-electron chi connectivity index (χ0n) is 16.8. The Kier molecular flexibility index (Phi) is 8.03. The summed E-state index contributed by atoms with van der Waals surface area (Å²) in [6.07, 6.45) is 0.107. The second-order valence-electron chi connectivity index (χ2n) is 6.78. The van der Waals surface area contributed by atoms with Crippen molar-refractivity contribution in [1.82, 2.24) is 4.72 Å². The summed E-state index contributed by atoms with van der Waals surface area (Å²) in [5.41, 5.74) is 1.14. The lowest BCUT2D eigenvalue weighted by atomic mass is 10.1. The lowest BCUT2D eigenvalue weighted by molar-refractivity contribution is -0.117. The molecule has 0 spiro atoms. The summed E-state index contributed by atoms with van der Waals surface area (Å²) in [4.78, 5) is 12.9. The number of carbonyl (C=O) groups excluding carboxylic acids is 1. The average Bonchev–Trinajstić information content (AvgIpc) is 2.76. The molecule has 2 N–H and O–H groups in total. The summed E-state index contributed by atoms with van der Waals surface area (Å²) < 4.78 is 33.9. The van der Waals surface area contributed by atoms with E-state index in [4.69, 9.17) is 39.5 Å². The van der Waals surface area contributed by atoms with Gasteiger partial charge in [-0.05, 0) is 48.4 Å². The van der Waals surface area contributed by atoms with Crippen LogP contribution in [0, 0.1) is 0 Å². The second kappa shape index (κ2) is 10.6. The van der Waals surface area contributed by atoms with Crippen molar-refractivity contribution in [2.24, 2.45) is 0 Å². The molecule has 6 nitrogen and oxygen atoms in total. The van der Waals surface area contributed by atoms with E-state index in [1.165, 1.54) is 37.4 Å². The molecular formula is C22H19Cl3N2O4S. The van der Waals surface area contributed by atoms with E-state index in [-0.39, 0.29) is 27.1 Å². The number of nitrogens with one attached hydrogen (secondary N) is 2. The SMILES string of the molecule is COc1ccc(Cl)cc1S(=O)(=O)N[C@H](Cc1ccccc1)C(=O)Nc1ccc(Cl)c(Cl)c1. The summed E-state index contributed by atoms with van der Waals surface area (Å²) in [6.45, 7) is 0. The lowest BCUT2D eigenvalue weighted by Crippen LogP contribution is -2.45. The van der Waals surface area contributed by atoms with E-state index in [2.05, 4.69) is 10.0 Å². The molecule has 0 unspecified atom stereocenters. The summed E-state index contributed by atoms with van der Waals surface area (Å²) in [7, 11) is -2.82. The molecule has 3 rings (SSSR count). The third-order valence-electron chi connectivity index (χ3n) is 4.50. The van der Waals surface area contributed by atoms with Crippen LogP contribution >= 0.6 is 34.8 Å². The van der Waals surface area contributed by atoms with E-state index in [0.29, 0.717) is 10.7 Å². The minimum absolute atomic E-state index is 0.102. The number of amides is 1. The Morgan fingerprint density at radius 3 is 2.34 bits per heavy atom. The van der Waals surface area contributed by atoms with Crippen molar-refractivity contribution in [3.8, 4) is 5.75 Å². The van der Waals surface area contributed by atoms with Crippen LogP contribution in [0.25, 0.3) is 0 Å². The van der Waals surface area contributed by atoms with E-state index in [0.717, 1.165) is 5.56 Å². The van der Waals surface area contributed by atoms with Gasteiger partial charge in [0.2, 0.25) is 15.9 Å². The van der Waals surface area contributed by atoms with Gasteiger partial charge >= 0.3 is 0 Å². The van der Waals surface area contributed by atoms with Crippen LogP contribution in [0.3, 0.4) is 0 Å². The molecule has 0 aromatic heterocycles. The van der Waals surface area contributed by atoms with Crippen LogP contribution in [0.5, 0.6) is 5.75 Å². The number of ether oxygens (including phenoxy) is 1. The van der Waals surface area contributed by atoms with Crippen LogP contribution < -0.4 is 14.8 Å². The molecule has 0 saturated heterocycles. The summed E-state index contributed by atoms with van der Waals surface area (Å²) >= 11 is 17.9. The Bertz CT molecular complexity index is 1220. The Morgan fingerprint density at radius 1 is 0.969 bits per heavy atom. The van der Waals surface area contributed by atoms with Crippen LogP contribution in [-0.2, 0) is 21.2 Å². The summed E-state index contributed by atoms with van der Waals surface area (Å²) in [6, 6.07) is 16.7. The van der Waals surface area contributed by atoms with Gasteiger partial charge in [-0.3, -0.25) is 4.79 Å². The topological polar surface area (TPSA) is 84.5 Å². The first-order valence-corrected chi connectivity index (χ1v) is 12.0. The van der Waals surface area contributed by atoms with Gasteiger partial charge in [0.15, 0.2) is 0 Å². The van der Waals surface area contributed by atoms with Crippen LogP contribution in [0.2, 0.25) is 15.1 Å². The number of rotatable bonds is 8. The van der Waals surface area contributed by atoms with E-state index >= 15 is 0 Å². The highest BCUT2D eigenvalue weighted by Crippen LogP contribution is 2.28. The predicted molar refractivity (Wildman–Crippen MR) is 127 cm³/mol. The lowest BCUT2D eigenvalue weighted by Gasteiger charge is -2.20. The zero-order chi connectivity index (χ0) is 23.3. The molecule has 10 heteroatoms. The predicted octanol–water partition coefficient (Wildman–Crippen LogP) is 5.18. The number of anilines is 1. The molecule has 1 atom stereocenters. The van der Waals surface area contributed by atoms with Crippen molar-refractivity contribution in [2.75, 3.05) is 12.4 Å². The van der Waals surface area contributed by atoms with Gasteiger partial charge in [0.05, 0.1) is 17.2 Å². The van der Waals surface area contributed by atoms with Crippen molar-refractivity contribution < 1.29 is 17.9 Å². The van der Waals surface area contributed by atoms with Crippen LogP contribution in [0.4, 0.5) is 5.69 Å². The zero-order valence-corrected chi connectivity index (χ0v) is 19.9. The number of halogens is 3. The molecule has 0 aliphatic rings. The first-order chi connectivity index (χ1) is 15.2. The Hall–Kier alpha value is -2.29. The van der Waals surface area contributed by atoms with E-state index in [1.54, 1.807) is 30.3 Å². The Balaban J connectivity index is 1.92.